The Hall–Kier alpha value is -2.39. The van der Waals surface area contributed by atoms with E-state index in [0.717, 1.165) is 23.4 Å². The van der Waals surface area contributed by atoms with E-state index in [-0.39, 0.29) is 0 Å². The molecule has 0 heterocycles. The van der Waals surface area contributed by atoms with E-state index < -0.39 is 0 Å². The van der Waals surface area contributed by atoms with Gasteiger partial charge in [0, 0.05) is 23.9 Å². The molecule has 2 N–H and O–H groups in total. The van der Waals surface area contributed by atoms with Crippen molar-refractivity contribution in [2.75, 3.05) is 7.05 Å². The molecule has 0 radical (unpaired) electrons. The standard InChI is InChI=1S/C18H21N3/c1-4-20-21-18(17-8-6-5-7-14(17)2)16-11-9-15(10-12-16)13-19-3/h4-12,19-20H,1,13H2,2-3H3/b21-18-. The van der Waals surface area contributed by atoms with E-state index in [9.17, 15) is 0 Å². The summed E-state index contributed by atoms with van der Waals surface area (Å²) in [4.78, 5) is 0. The Balaban J connectivity index is 2.41. The van der Waals surface area contributed by atoms with Crippen molar-refractivity contribution in [2.45, 2.75) is 13.5 Å². The highest BCUT2D eigenvalue weighted by Crippen LogP contribution is 2.15. The van der Waals surface area contributed by atoms with Gasteiger partial charge in [0.05, 0.1) is 5.71 Å². The van der Waals surface area contributed by atoms with Crippen LogP contribution in [0.15, 0.2) is 66.4 Å². The summed E-state index contributed by atoms with van der Waals surface area (Å²) in [5, 5.41) is 7.60. The van der Waals surface area contributed by atoms with Crippen LogP contribution in [0, 0.1) is 6.92 Å². The second-order valence-corrected chi connectivity index (χ2v) is 4.84. The second-order valence-electron chi connectivity index (χ2n) is 4.84. The van der Waals surface area contributed by atoms with E-state index in [1.165, 1.54) is 11.1 Å². The summed E-state index contributed by atoms with van der Waals surface area (Å²) in [6.45, 7) is 6.61. The second kappa shape index (κ2) is 7.41. The zero-order valence-corrected chi connectivity index (χ0v) is 12.6. The van der Waals surface area contributed by atoms with Crippen molar-refractivity contribution in [1.29, 1.82) is 0 Å². The summed E-state index contributed by atoms with van der Waals surface area (Å²) >= 11 is 0. The summed E-state index contributed by atoms with van der Waals surface area (Å²) < 4.78 is 0. The molecule has 0 saturated heterocycles. The van der Waals surface area contributed by atoms with Gasteiger partial charge in [0.1, 0.15) is 0 Å². The van der Waals surface area contributed by atoms with Gasteiger partial charge in [-0.1, -0.05) is 55.1 Å². The van der Waals surface area contributed by atoms with Crippen LogP contribution in [0.2, 0.25) is 0 Å². The summed E-state index contributed by atoms with van der Waals surface area (Å²) in [6.07, 6.45) is 1.58. The van der Waals surface area contributed by atoms with Crippen LogP contribution in [0.3, 0.4) is 0 Å². The fourth-order valence-corrected chi connectivity index (χ4v) is 2.21. The van der Waals surface area contributed by atoms with Gasteiger partial charge in [0.2, 0.25) is 0 Å². The number of nitrogens with zero attached hydrogens (tertiary/aromatic N) is 1. The minimum absolute atomic E-state index is 0.863. The molecule has 3 heteroatoms. The van der Waals surface area contributed by atoms with E-state index in [2.05, 4.69) is 65.7 Å². The number of hydrazone groups is 1. The normalized spacial score (nSPS) is 11.2. The third-order valence-electron chi connectivity index (χ3n) is 3.28. The molecule has 0 spiro atoms. The Kier molecular flexibility index (Phi) is 5.29. The van der Waals surface area contributed by atoms with E-state index >= 15 is 0 Å². The van der Waals surface area contributed by atoms with Gasteiger partial charge in [-0.25, -0.2) is 0 Å². The molecule has 0 bridgehead atoms. The average Bonchev–Trinajstić information content (AvgIpc) is 2.51. The lowest BCUT2D eigenvalue weighted by Crippen LogP contribution is -2.11. The van der Waals surface area contributed by atoms with Crippen molar-refractivity contribution < 1.29 is 0 Å². The van der Waals surface area contributed by atoms with Gasteiger partial charge in [-0.05, 0) is 25.1 Å². The first-order chi connectivity index (χ1) is 10.3. The molecule has 0 amide bonds. The predicted molar refractivity (Wildman–Crippen MR) is 89.4 cm³/mol. The third-order valence-corrected chi connectivity index (χ3v) is 3.28. The monoisotopic (exact) mass is 279 g/mol. The molecule has 21 heavy (non-hydrogen) atoms. The largest absolute Gasteiger partial charge is 0.316 e. The molecule has 0 aromatic heterocycles. The molecule has 2 aromatic carbocycles. The molecular formula is C18H21N3. The molecule has 0 aliphatic heterocycles. The van der Waals surface area contributed by atoms with Crippen molar-refractivity contribution in [1.82, 2.24) is 10.7 Å². The van der Waals surface area contributed by atoms with Crippen LogP contribution in [-0.2, 0) is 6.54 Å². The van der Waals surface area contributed by atoms with Crippen LogP contribution in [0.5, 0.6) is 0 Å². The molecule has 0 aliphatic carbocycles. The van der Waals surface area contributed by atoms with Crippen LogP contribution in [0.1, 0.15) is 22.3 Å². The first-order valence-electron chi connectivity index (χ1n) is 7.00. The fourth-order valence-electron chi connectivity index (χ4n) is 2.21. The minimum Gasteiger partial charge on any atom is -0.316 e. The van der Waals surface area contributed by atoms with E-state index in [0.29, 0.717) is 0 Å². The Bertz CT molecular complexity index is 627. The molecule has 2 aromatic rings. The van der Waals surface area contributed by atoms with Crippen LogP contribution >= 0.6 is 0 Å². The lowest BCUT2D eigenvalue weighted by atomic mass is 9.97. The lowest BCUT2D eigenvalue weighted by molar-refractivity contribution is 0.818. The highest BCUT2D eigenvalue weighted by molar-refractivity contribution is 6.13. The maximum Gasteiger partial charge on any atom is 0.0980 e. The predicted octanol–water partition coefficient (Wildman–Crippen LogP) is 3.20. The first-order valence-corrected chi connectivity index (χ1v) is 7.00. The molecular weight excluding hydrogens is 258 g/mol. The van der Waals surface area contributed by atoms with Crippen molar-refractivity contribution in [2.24, 2.45) is 5.10 Å². The Labute approximate surface area is 126 Å². The van der Waals surface area contributed by atoms with Crippen molar-refractivity contribution in [3.8, 4) is 0 Å². The highest BCUT2D eigenvalue weighted by atomic mass is 15.3. The van der Waals surface area contributed by atoms with E-state index in [1.54, 1.807) is 6.20 Å². The molecule has 0 fully saturated rings. The van der Waals surface area contributed by atoms with Crippen LogP contribution in [0.4, 0.5) is 0 Å². The zero-order valence-electron chi connectivity index (χ0n) is 12.6. The molecule has 0 saturated carbocycles. The number of benzene rings is 2. The smallest absolute Gasteiger partial charge is 0.0980 e. The van der Waals surface area contributed by atoms with Crippen molar-refractivity contribution >= 4 is 5.71 Å². The fraction of sp³-hybridized carbons (Fsp3) is 0.167. The van der Waals surface area contributed by atoms with Gasteiger partial charge in [-0.2, -0.15) is 5.10 Å². The van der Waals surface area contributed by atoms with Gasteiger partial charge < -0.3 is 5.32 Å². The summed E-state index contributed by atoms with van der Waals surface area (Å²) in [6, 6.07) is 16.7. The quantitative estimate of drug-likeness (QED) is 0.629. The average molecular weight is 279 g/mol. The zero-order chi connectivity index (χ0) is 15.1. The molecule has 0 atom stereocenters. The lowest BCUT2D eigenvalue weighted by Gasteiger charge is -2.11. The summed E-state index contributed by atoms with van der Waals surface area (Å²) in [7, 11) is 1.95. The van der Waals surface area contributed by atoms with Gasteiger partial charge in [0.15, 0.2) is 0 Å². The first kappa shape index (κ1) is 15.0. The van der Waals surface area contributed by atoms with Gasteiger partial charge >= 0.3 is 0 Å². The third kappa shape index (κ3) is 3.80. The highest BCUT2D eigenvalue weighted by Gasteiger charge is 2.09. The number of hydrogen-bond donors (Lipinski definition) is 2. The maximum absolute atomic E-state index is 4.45. The van der Waals surface area contributed by atoms with Crippen molar-refractivity contribution in [3.63, 3.8) is 0 Å². The maximum atomic E-state index is 4.45. The molecule has 0 aliphatic rings. The Morgan fingerprint density at radius 1 is 1.14 bits per heavy atom. The van der Waals surface area contributed by atoms with Crippen LogP contribution in [-0.4, -0.2) is 12.8 Å². The molecule has 3 nitrogen and oxygen atoms in total. The van der Waals surface area contributed by atoms with Crippen molar-refractivity contribution in [3.05, 3.63) is 83.6 Å². The van der Waals surface area contributed by atoms with E-state index in [1.807, 2.05) is 19.2 Å². The Morgan fingerprint density at radius 3 is 2.48 bits per heavy atom. The van der Waals surface area contributed by atoms with Gasteiger partial charge in [-0.15, -0.1) is 0 Å². The molecule has 0 unspecified atom stereocenters. The van der Waals surface area contributed by atoms with E-state index in [4.69, 9.17) is 0 Å². The van der Waals surface area contributed by atoms with Gasteiger partial charge in [0.25, 0.3) is 0 Å². The van der Waals surface area contributed by atoms with Crippen LogP contribution in [0.25, 0.3) is 0 Å². The number of hydrogen-bond acceptors (Lipinski definition) is 3. The number of aryl methyl sites for hydroxylation is 1. The number of nitrogens with one attached hydrogen (secondary N) is 2. The number of rotatable bonds is 6. The molecule has 2 rings (SSSR count). The summed E-state index contributed by atoms with van der Waals surface area (Å²) in [5.74, 6) is 0. The topological polar surface area (TPSA) is 36.4 Å². The molecule has 108 valence electrons. The van der Waals surface area contributed by atoms with Crippen LogP contribution < -0.4 is 10.7 Å². The van der Waals surface area contributed by atoms with Gasteiger partial charge in [-0.3, -0.25) is 5.43 Å². The summed E-state index contributed by atoms with van der Waals surface area (Å²) in [5.41, 5.74) is 8.42. The minimum atomic E-state index is 0.863. The Morgan fingerprint density at radius 2 is 1.86 bits per heavy atom. The SMILES string of the molecule is C=CN/N=C(/c1ccc(CNC)cc1)c1ccccc1C.